The first-order valence-electron chi connectivity index (χ1n) is 7.63. The van der Waals surface area contributed by atoms with Crippen molar-refractivity contribution in [1.82, 2.24) is 9.62 Å². The maximum Gasteiger partial charge on any atom is 0.211 e. The van der Waals surface area contributed by atoms with Gasteiger partial charge >= 0.3 is 0 Å². The molecule has 1 fully saturated rings. The van der Waals surface area contributed by atoms with Crippen LogP contribution in [0.1, 0.15) is 36.1 Å². The molecule has 1 saturated heterocycles. The normalized spacial score (nSPS) is 21.2. The average Bonchev–Trinajstić information content (AvgIpc) is 2.89. The summed E-state index contributed by atoms with van der Waals surface area (Å²) < 4.78 is 24.6. The molecule has 1 aromatic rings. The van der Waals surface area contributed by atoms with Gasteiger partial charge in [-0.15, -0.1) is 0 Å². The Balaban J connectivity index is 1.94. The van der Waals surface area contributed by atoms with Crippen LogP contribution in [0.4, 0.5) is 0 Å². The zero-order chi connectivity index (χ0) is 16.5. The summed E-state index contributed by atoms with van der Waals surface area (Å²) in [6, 6.07) is 4.29. The monoisotopic (exact) mass is 344 g/mol. The Kier molecular flexibility index (Phi) is 5.54. The van der Waals surface area contributed by atoms with E-state index in [0.29, 0.717) is 19.0 Å². The summed E-state index contributed by atoms with van der Waals surface area (Å²) in [4.78, 5) is 0. The molecule has 1 aliphatic heterocycles. The van der Waals surface area contributed by atoms with E-state index in [2.05, 4.69) is 32.2 Å². The second kappa shape index (κ2) is 6.87. The molecule has 6 heteroatoms. The molecule has 1 aliphatic rings. The molecule has 0 aliphatic carbocycles. The average molecular weight is 345 g/mol. The van der Waals surface area contributed by atoms with Gasteiger partial charge in [-0.05, 0) is 62.4 Å². The summed E-state index contributed by atoms with van der Waals surface area (Å²) in [6.07, 6.45) is 2.19. The van der Waals surface area contributed by atoms with Gasteiger partial charge in [0.05, 0.1) is 6.26 Å². The molecule has 1 N–H and O–H groups in total. The third-order valence-electron chi connectivity index (χ3n) is 4.51. The maximum atomic E-state index is 11.5. The van der Waals surface area contributed by atoms with E-state index in [0.717, 1.165) is 23.6 Å². The van der Waals surface area contributed by atoms with E-state index < -0.39 is 10.0 Å². The van der Waals surface area contributed by atoms with Crippen LogP contribution in [-0.2, 0) is 10.0 Å². The van der Waals surface area contributed by atoms with Crippen LogP contribution >= 0.6 is 11.6 Å². The van der Waals surface area contributed by atoms with Gasteiger partial charge in [-0.2, -0.15) is 0 Å². The second-order valence-corrected chi connectivity index (χ2v) is 8.75. The molecular formula is C16H25ClN2O2S. The lowest BCUT2D eigenvalue weighted by molar-refractivity contribution is 0.432. The second-order valence-electron chi connectivity index (χ2n) is 6.36. The molecule has 0 saturated carbocycles. The van der Waals surface area contributed by atoms with Crippen molar-refractivity contribution in [1.29, 1.82) is 0 Å². The van der Waals surface area contributed by atoms with Gasteiger partial charge in [0.15, 0.2) is 0 Å². The number of rotatable bonds is 5. The van der Waals surface area contributed by atoms with Gasteiger partial charge in [-0.25, -0.2) is 12.7 Å². The molecule has 1 heterocycles. The molecule has 0 bridgehead atoms. The zero-order valence-electron chi connectivity index (χ0n) is 13.7. The van der Waals surface area contributed by atoms with Crippen molar-refractivity contribution in [3.63, 3.8) is 0 Å². The van der Waals surface area contributed by atoms with Gasteiger partial charge in [0, 0.05) is 24.2 Å². The first-order chi connectivity index (χ1) is 10.2. The summed E-state index contributed by atoms with van der Waals surface area (Å²) in [5.41, 5.74) is 3.53. The van der Waals surface area contributed by atoms with Crippen molar-refractivity contribution in [3.05, 3.63) is 33.8 Å². The Morgan fingerprint density at radius 1 is 1.36 bits per heavy atom. The van der Waals surface area contributed by atoms with Gasteiger partial charge in [-0.3, -0.25) is 0 Å². The van der Waals surface area contributed by atoms with E-state index in [1.165, 1.54) is 17.4 Å². The number of aryl methyl sites for hydroxylation is 2. The van der Waals surface area contributed by atoms with Crippen LogP contribution < -0.4 is 5.32 Å². The Labute approximate surface area is 138 Å². The summed E-state index contributed by atoms with van der Waals surface area (Å²) >= 11 is 6.35. The van der Waals surface area contributed by atoms with E-state index in [9.17, 15) is 8.42 Å². The molecular weight excluding hydrogens is 320 g/mol. The molecule has 0 spiro atoms. The largest absolute Gasteiger partial charge is 0.310 e. The van der Waals surface area contributed by atoms with E-state index in [1.54, 1.807) is 4.31 Å². The topological polar surface area (TPSA) is 49.4 Å². The van der Waals surface area contributed by atoms with Crippen LogP contribution in [0.15, 0.2) is 12.1 Å². The highest BCUT2D eigenvalue weighted by Gasteiger charge is 2.28. The standard InChI is InChI=1S/C16H25ClN2O2S/c1-11-7-15(16(17)8-12(11)2)13(3)18-9-14-5-6-19(10-14)22(4,20)21/h7-8,13-14,18H,5-6,9-10H2,1-4H3/t13-,14+/m1/s1. The highest BCUT2D eigenvalue weighted by molar-refractivity contribution is 7.88. The molecule has 0 unspecified atom stereocenters. The molecule has 0 amide bonds. The third-order valence-corrected chi connectivity index (χ3v) is 6.11. The number of nitrogens with zero attached hydrogens (tertiary/aromatic N) is 1. The number of benzene rings is 1. The zero-order valence-corrected chi connectivity index (χ0v) is 15.3. The molecule has 0 aromatic heterocycles. The minimum Gasteiger partial charge on any atom is -0.310 e. The minimum absolute atomic E-state index is 0.152. The van der Waals surface area contributed by atoms with Gasteiger partial charge < -0.3 is 5.32 Å². The van der Waals surface area contributed by atoms with Crippen LogP contribution in [0.3, 0.4) is 0 Å². The summed E-state index contributed by atoms with van der Waals surface area (Å²) in [5.74, 6) is 0.363. The molecule has 22 heavy (non-hydrogen) atoms. The van der Waals surface area contributed by atoms with Crippen LogP contribution in [0.5, 0.6) is 0 Å². The molecule has 4 nitrogen and oxygen atoms in total. The number of halogens is 1. The fourth-order valence-electron chi connectivity index (χ4n) is 2.85. The van der Waals surface area contributed by atoms with Crippen molar-refractivity contribution < 1.29 is 8.42 Å². The molecule has 2 rings (SSSR count). The first kappa shape index (κ1) is 17.7. The third kappa shape index (κ3) is 4.22. The minimum atomic E-state index is -3.06. The summed E-state index contributed by atoms with van der Waals surface area (Å²) in [6.45, 7) is 8.28. The molecule has 1 aromatic carbocycles. The molecule has 124 valence electrons. The molecule has 0 radical (unpaired) electrons. The lowest BCUT2D eigenvalue weighted by atomic mass is 10.0. The highest BCUT2D eigenvalue weighted by Crippen LogP contribution is 2.27. The van der Waals surface area contributed by atoms with Crippen LogP contribution in [0.2, 0.25) is 5.02 Å². The fourth-order valence-corrected chi connectivity index (χ4v) is 4.15. The lowest BCUT2D eigenvalue weighted by Crippen LogP contribution is -2.31. The Hall–Kier alpha value is -0.620. The van der Waals surface area contributed by atoms with Crippen LogP contribution in [0, 0.1) is 19.8 Å². The van der Waals surface area contributed by atoms with Crippen LogP contribution in [-0.4, -0.2) is 38.6 Å². The highest BCUT2D eigenvalue weighted by atomic mass is 35.5. The summed E-state index contributed by atoms with van der Waals surface area (Å²) in [5, 5.41) is 4.28. The van der Waals surface area contributed by atoms with Crippen LogP contribution in [0.25, 0.3) is 0 Å². The Bertz CT molecular complexity index is 646. The predicted octanol–water partition coefficient (Wildman–Crippen LogP) is 2.89. The maximum absolute atomic E-state index is 11.5. The van der Waals surface area contributed by atoms with Gasteiger partial charge in [0.2, 0.25) is 10.0 Å². The predicted molar refractivity (Wildman–Crippen MR) is 91.9 cm³/mol. The van der Waals surface area contributed by atoms with Gasteiger partial charge in [0.1, 0.15) is 0 Å². The van der Waals surface area contributed by atoms with E-state index in [4.69, 9.17) is 11.6 Å². The van der Waals surface area contributed by atoms with Gasteiger partial charge in [0.25, 0.3) is 0 Å². The lowest BCUT2D eigenvalue weighted by Gasteiger charge is -2.20. The smallest absolute Gasteiger partial charge is 0.211 e. The quantitative estimate of drug-likeness (QED) is 0.893. The Morgan fingerprint density at radius 2 is 2.00 bits per heavy atom. The van der Waals surface area contributed by atoms with Crippen molar-refractivity contribution in [2.45, 2.75) is 33.2 Å². The number of sulfonamides is 1. The van der Waals surface area contributed by atoms with Crippen molar-refractivity contribution in [2.75, 3.05) is 25.9 Å². The molecule has 2 atom stereocenters. The van der Waals surface area contributed by atoms with Crippen molar-refractivity contribution in [2.24, 2.45) is 5.92 Å². The van der Waals surface area contributed by atoms with E-state index in [-0.39, 0.29) is 6.04 Å². The van der Waals surface area contributed by atoms with Gasteiger partial charge in [-0.1, -0.05) is 17.7 Å². The fraction of sp³-hybridized carbons (Fsp3) is 0.625. The van der Waals surface area contributed by atoms with E-state index >= 15 is 0 Å². The Morgan fingerprint density at radius 3 is 2.59 bits per heavy atom. The van der Waals surface area contributed by atoms with Crippen molar-refractivity contribution >= 4 is 21.6 Å². The van der Waals surface area contributed by atoms with E-state index in [1.807, 2.05) is 6.07 Å². The van der Waals surface area contributed by atoms with Crippen molar-refractivity contribution in [3.8, 4) is 0 Å². The summed E-state index contributed by atoms with van der Waals surface area (Å²) in [7, 11) is -3.06. The number of hydrogen-bond donors (Lipinski definition) is 1. The number of hydrogen-bond acceptors (Lipinski definition) is 3. The number of nitrogens with one attached hydrogen (secondary N) is 1. The SMILES string of the molecule is Cc1cc(Cl)c([C@@H](C)NC[C@@H]2CCN(S(C)(=O)=O)C2)cc1C. The first-order valence-corrected chi connectivity index (χ1v) is 9.86.